The number of nitrogens with one attached hydrogen (secondary N) is 1. The Morgan fingerprint density at radius 2 is 2.29 bits per heavy atom. The maximum absolute atomic E-state index is 12.9. The third kappa shape index (κ3) is 2.34. The van der Waals surface area contributed by atoms with E-state index in [4.69, 9.17) is 0 Å². The fourth-order valence-electron chi connectivity index (χ4n) is 1.59. The zero-order valence-corrected chi connectivity index (χ0v) is 9.43. The Morgan fingerprint density at radius 3 is 2.86 bits per heavy atom. The SMILES string of the molecule is FC1CCC1NCc1cccc(Br)c1. The van der Waals surface area contributed by atoms with E-state index in [0.717, 1.165) is 23.9 Å². The molecule has 1 saturated carbocycles. The summed E-state index contributed by atoms with van der Waals surface area (Å²) in [7, 11) is 0. The van der Waals surface area contributed by atoms with Crippen LogP contribution < -0.4 is 5.32 Å². The lowest BCUT2D eigenvalue weighted by Crippen LogP contribution is -2.45. The van der Waals surface area contributed by atoms with Crippen molar-refractivity contribution in [1.29, 1.82) is 0 Å². The smallest absolute Gasteiger partial charge is 0.115 e. The molecule has 1 aromatic carbocycles. The van der Waals surface area contributed by atoms with Gasteiger partial charge in [-0.05, 0) is 30.5 Å². The van der Waals surface area contributed by atoms with Gasteiger partial charge in [-0.3, -0.25) is 0 Å². The fourth-order valence-corrected chi connectivity index (χ4v) is 2.03. The van der Waals surface area contributed by atoms with Gasteiger partial charge in [0, 0.05) is 17.1 Å². The lowest BCUT2D eigenvalue weighted by molar-refractivity contribution is 0.141. The van der Waals surface area contributed by atoms with Gasteiger partial charge in [-0.2, -0.15) is 0 Å². The molecule has 1 fully saturated rings. The van der Waals surface area contributed by atoms with Crippen molar-refractivity contribution in [2.24, 2.45) is 0 Å². The van der Waals surface area contributed by atoms with Crippen molar-refractivity contribution in [2.45, 2.75) is 31.6 Å². The van der Waals surface area contributed by atoms with Crippen molar-refractivity contribution in [3.05, 3.63) is 34.3 Å². The molecule has 0 radical (unpaired) electrons. The van der Waals surface area contributed by atoms with Crippen molar-refractivity contribution in [3.8, 4) is 0 Å². The lowest BCUT2D eigenvalue weighted by Gasteiger charge is -2.31. The summed E-state index contributed by atoms with van der Waals surface area (Å²) in [5, 5.41) is 3.22. The minimum Gasteiger partial charge on any atom is -0.307 e. The van der Waals surface area contributed by atoms with E-state index in [1.54, 1.807) is 0 Å². The second-order valence-electron chi connectivity index (χ2n) is 3.71. The van der Waals surface area contributed by atoms with Crippen LogP contribution in [0, 0.1) is 0 Å². The molecule has 2 atom stereocenters. The van der Waals surface area contributed by atoms with Gasteiger partial charge in [0.15, 0.2) is 0 Å². The monoisotopic (exact) mass is 257 g/mol. The van der Waals surface area contributed by atoms with E-state index in [9.17, 15) is 4.39 Å². The summed E-state index contributed by atoms with van der Waals surface area (Å²) in [5.74, 6) is 0. The second kappa shape index (κ2) is 4.41. The minimum atomic E-state index is -0.637. The van der Waals surface area contributed by atoms with Crippen LogP contribution in [-0.2, 0) is 6.54 Å². The first-order chi connectivity index (χ1) is 6.75. The molecule has 1 nitrogen and oxygen atoms in total. The van der Waals surface area contributed by atoms with Crippen molar-refractivity contribution >= 4 is 15.9 Å². The van der Waals surface area contributed by atoms with Gasteiger partial charge in [-0.15, -0.1) is 0 Å². The molecule has 0 aliphatic heterocycles. The summed E-state index contributed by atoms with van der Waals surface area (Å²) in [6.07, 6.45) is 1.05. The van der Waals surface area contributed by atoms with Gasteiger partial charge in [-0.1, -0.05) is 28.1 Å². The van der Waals surface area contributed by atoms with E-state index in [0.29, 0.717) is 0 Å². The fraction of sp³-hybridized carbons (Fsp3) is 0.455. The summed E-state index contributed by atoms with van der Waals surface area (Å²) < 4.78 is 14.0. The molecule has 0 saturated heterocycles. The largest absolute Gasteiger partial charge is 0.307 e. The molecule has 3 heteroatoms. The summed E-state index contributed by atoms with van der Waals surface area (Å²) in [6, 6.07) is 8.16. The first-order valence-electron chi connectivity index (χ1n) is 4.87. The van der Waals surface area contributed by atoms with Crippen LogP contribution >= 0.6 is 15.9 Å². The van der Waals surface area contributed by atoms with Gasteiger partial charge in [-0.25, -0.2) is 4.39 Å². The van der Waals surface area contributed by atoms with E-state index in [2.05, 4.69) is 27.3 Å². The average molecular weight is 258 g/mol. The summed E-state index contributed by atoms with van der Waals surface area (Å²) in [4.78, 5) is 0. The number of rotatable bonds is 3. The highest BCUT2D eigenvalue weighted by molar-refractivity contribution is 9.10. The van der Waals surface area contributed by atoms with Gasteiger partial charge in [0.25, 0.3) is 0 Å². The second-order valence-corrected chi connectivity index (χ2v) is 4.63. The quantitative estimate of drug-likeness (QED) is 0.878. The topological polar surface area (TPSA) is 12.0 Å². The highest BCUT2D eigenvalue weighted by Gasteiger charge is 2.29. The normalized spacial score (nSPS) is 25.9. The molecular weight excluding hydrogens is 245 g/mol. The molecule has 0 spiro atoms. The summed E-state index contributed by atoms with van der Waals surface area (Å²) >= 11 is 3.41. The Labute approximate surface area is 91.8 Å². The van der Waals surface area contributed by atoms with Crippen molar-refractivity contribution in [1.82, 2.24) is 5.32 Å². The van der Waals surface area contributed by atoms with Gasteiger partial charge in [0.2, 0.25) is 0 Å². The molecule has 0 aromatic heterocycles. The predicted octanol–water partition coefficient (Wildman–Crippen LogP) is 3.04. The van der Waals surface area contributed by atoms with Crippen LogP contribution in [0.4, 0.5) is 4.39 Å². The van der Waals surface area contributed by atoms with E-state index < -0.39 is 6.17 Å². The van der Waals surface area contributed by atoms with Gasteiger partial charge in [0.1, 0.15) is 6.17 Å². The molecule has 0 heterocycles. The highest BCUT2D eigenvalue weighted by Crippen LogP contribution is 2.23. The van der Waals surface area contributed by atoms with Crippen LogP contribution in [-0.4, -0.2) is 12.2 Å². The van der Waals surface area contributed by atoms with Gasteiger partial charge < -0.3 is 5.32 Å². The van der Waals surface area contributed by atoms with Crippen LogP contribution in [0.2, 0.25) is 0 Å². The van der Waals surface area contributed by atoms with E-state index in [-0.39, 0.29) is 6.04 Å². The molecule has 2 unspecified atom stereocenters. The van der Waals surface area contributed by atoms with Crippen molar-refractivity contribution in [2.75, 3.05) is 0 Å². The van der Waals surface area contributed by atoms with Crippen LogP contribution in [0.3, 0.4) is 0 Å². The van der Waals surface area contributed by atoms with E-state index >= 15 is 0 Å². The molecule has 14 heavy (non-hydrogen) atoms. The average Bonchev–Trinajstić information content (AvgIpc) is 2.16. The zero-order valence-electron chi connectivity index (χ0n) is 7.84. The van der Waals surface area contributed by atoms with Crippen LogP contribution in [0.1, 0.15) is 18.4 Å². The van der Waals surface area contributed by atoms with Gasteiger partial charge >= 0.3 is 0 Å². The maximum atomic E-state index is 12.9. The van der Waals surface area contributed by atoms with Crippen LogP contribution in [0.15, 0.2) is 28.7 Å². The first kappa shape index (κ1) is 10.1. The Bertz CT molecular complexity index is 316. The highest BCUT2D eigenvalue weighted by atomic mass is 79.9. The summed E-state index contributed by atoms with van der Waals surface area (Å²) in [6.45, 7) is 0.754. The van der Waals surface area contributed by atoms with Crippen molar-refractivity contribution in [3.63, 3.8) is 0 Å². The number of hydrogen-bond acceptors (Lipinski definition) is 1. The summed E-state index contributed by atoms with van der Waals surface area (Å²) in [5.41, 5.74) is 1.19. The predicted molar refractivity (Wildman–Crippen MR) is 58.9 cm³/mol. The molecule has 1 aromatic rings. The third-order valence-electron chi connectivity index (χ3n) is 2.65. The van der Waals surface area contributed by atoms with Crippen LogP contribution in [0.5, 0.6) is 0 Å². The molecular formula is C11H13BrFN. The lowest BCUT2D eigenvalue weighted by atomic mass is 9.90. The Morgan fingerprint density at radius 1 is 1.43 bits per heavy atom. The van der Waals surface area contributed by atoms with Crippen LogP contribution in [0.25, 0.3) is 0 Å². The molecule has 2 rings (SSSR count). The van der Waals surface area contributed by atoms with E-state index in [1.165, 1.54) is 5.56 Å². The Balaban J connectivity index is 1.85. The maximum Gasteiger partial charge on any atom is 0.115 e. The Kier molecular flexibility index (Phi) is 3.19. The molecule has 0 amide bonds. The molecule has 0 bridgehead atoms. The zero-order chi connectivity index (χ0) is 9.97. The standard InChI is InChI=1S/C11H13BrFN/c12-9-3-1-2-8(6-9)7-14-11-5-4-10(11)13/h1-3,6,10-11,14H,4-5,7H2. The van der Waals surface area contributed by atoms with E-state index in [1.807, 2.05) is 18.2 Å². The number of alkyl halides is 1. The number of halogens is 2. The van der Waals surface area contributed by atoms with Crippen molar-refractivity contribution < 1.29 is 4.39 Å². The first-order valence-corrected chi connectivity index (χ1v) is 5.67. The number of hydrogen-bond donors (Lipinski definition) is 1. The number of benzene rings is 1. The molecule has 1 N–H and O–H groups in total. The molecule has 1 aliphatic carbocycles. The minimum absolute atomic E-state index is 0.0778. The Hall–Kier alpha value is -0.410. The van der Waals surface area contributed by atoms with Gasteiger partial charge in [0.05, 0.1) is 0 Å². The molecule has 76 valence electrons. The third-order valence-corrected chi connectivity index (χ3v) is 3.14. The molecule has 1 aliphatic rings.